The Balaban J connectivity index is 1.40. The quantitative estimate of drug-likeness (QED) is 0.405. The van der Waals surface area contributed by atoms with Crippen LogP contribution in [0, 0.1) is 24.6 Å². The normalized spacial score (nSPS) is 17.9. The molecule has 0 radical (unpaired) electrons. The molecule has 204 valence electrons. The van der Waals surface area contributed by atoms with E-state index in [-0.39, 0.29) is 11.9 Å². The molecule has 2 fully saturated rings. The lowest BCUT2D eigenvalue weighted by atomic mass is 9.89. The van der Waals surface area contributed by atoms with Gasteiger partial charge in [-0.05, 0) is 107 Å². The van der Waals surface area contributed by atoms with Crippen LogP contribution in [-0.2, 0) is 11.2 Å². The molecule has 0 N–H and O–H groups in total. The lowest BCUT2D eigenvalue weighted by molar-refractivity contribution is 0.0468. The van der Waals surface area contributed by atoms with E-state index in [1.807, 2.05) is 30.8 Å². The molecule has 2 aromatic heterocycles. The molecule has 2 aliphatic rings. The molecule has 0 atom stereocenters. The van der Waals surface area contributed by atoms with Gasteiger partial charge in [-0.1, -0.05) is 0 Å². The number of benzene rings is 1. The summed E-state index contributed by atoms with van der Waals surface area (Å²) in [5, 5.41) is 1.20. The molecule has 3 aromatic rings. The van der Waals surface area contributed by atoms with Crippen LogP contribution in [0.2, 0.25) is 0 Å². The van der Waals surface area contributed by atoms with Crippen LogP contribution in [0.25, 0.3) is 16.6 Å². The number of likely N-dealkylation sites (tertiary alicyclic amines) is 1. The number of hydrogen-bond donors (Lipinski definition) is 0. The molecule has 6 nitrogen and oxygen atoms in total. The molecule has 7 heteroatoms. The molecule has 38 heavy (non-hydrogen) atoms. The Hall–Kier alpha value is -2.77. The van der Waals surface area contributed by atoms with Crippen molar-refractivity contribution < 1.29 is 13.9 Å². The third-order valence-corrected chi connectivity index (χ3v) is 8.60. The molecule has 1 aromatic carbocycles. The van der Waals surface area contributed by atoms with Crippen LogP contribution in [-0.4, -0.2) is 71.2 Å². The predicted molar refractivity (Wildman–Crippen MR) is 149 cm³/mol. The van der Waals surface area contributed by atoms with E-state index < -0.39 is 5.82 Å². The van der Waals surface area contributed by atoms with Gasteiger partial charge in [0.2, 0.25) is 0 Å². The van der Waals surface area contributed by atoms with Crippen LogP contribution in [0.4, 0.5) is 4.39 Å². The van der Waals surface area contributed by atoms with Crippen molar-refractivity contribution in [3.05, 3.63) is 59.3 Å². The van der Waals surface area contributed by atoms with Gasteiger partial charge in [-0.3, -0.25) is 9.78 Å². The van der Waals surface area contributed by atoms with E-state index in [2.05, 4.69) is 23.0 Å². The lowest BCUT2D eigenvalue weighted by Gasteiger charge is -2.35. The van der Waals surface area contributed by atoms with E-state index in [1.54, 1.807) is 18.0 Å². The topological polar surface area (TPSA) is 50.6 Å². The molecule has 4 heterocycles. The summed E-state index contributed by atoms with van der Waals surface area (Å²) in [6.07, 6.45) is 11.7. The summed E-state index contributed by atoms with van der Waals surface area (Å²) in [6, 6.07) is 4.53. The van der Waals surface area contributed by atoms with Gasteiger partial charge in [0.25, 0.3) is 5.91 Å². The average Bonchev–Trinajstić information content (AvgIpc) is 3.28. The van der Waals surface area contributed by atoms with Gasteiger partial charge in [-0.15, -0.1) is 0 Å². The summed E-state index contributed by atoms with van der Waals surface area (Å²) in [4.78, 5) is 22.1. The number of pyridine rings is 1. The number of halogens is 1. The van der Waals surface area contributed by atoms with Gasteiger partial charge in [0.05, 0.1) is 23.0 Å². The summed E-state index contributed by atoms with van der Waals surface area (Å²) in [7, 11) is 1.76. The number of aromatic nitrogens is 2. The summed E-state index contributed by atoms with van der Waals surface area (Å²) < 4.78 is 21.9. The number of fused-ring (bicyclic) bond motifs is 1. The highest BCUT2D eigenvalue weighted by Gasteiger charge is 2.26. The maximum Gasteiger partial charge on any atom is 0.256 e. The Morgan fingerprint density at radius 2 is 1.87 bits per heavy atom. The van der Waals surface area contributed by atoms with E-state index in [1.165, 1.54) is 55.3 Å². The molecule has 1 amide bonds. The van der Waals surface area contributed by atoms with E-state index >= 15 is 0 Å². The third-order valence-electron chi connectivity index (χ3n) is 8.60. The minimum atomic E-state index is -0.409. The van der Waals surface area contributed by atoms with E-state index in [9.17, 15) is 9.18 Å². The number of carbonyl (C=O) groups excluding carboxylic acids is 1. The van der Waals surface area contributed by atoms with Gasteiger partial charge in [-0.25, -0.2) is 4.39 Å². The average molecular weight is 521 g/mol. The van der Waals surface area contributed by atoms with Crippen molar-refractivity contribution in [2.75, 3.05) is 39.9 Å². The standard InChI is InChI=1S/C31H41FN4O2/c1-21(2)34(4)31(37)27-16-26(32)5-6-28(27)36-20-25(30-22(3)17-33-18-29(30)36)15-23-7-11-35(12-8-23)19-24-9-13-38-14-10-24/h5-6,16-18,20-21,23-24H,7-15,19H2,1-4H3. The zero-order valence-corrected chi connectivity index (χ0v) is 23.3. The second kappa shape index (κ2) is 11.5. The molecule has 0 saturated carbocycles. The highest BCUT2D eigenvalue weighted by Crippen LogP contribution is 2.33. The number of ether oxygens (including phenoxy) is 1. The highest BCUT2D eigenvalue weighted by molar-refractivity contribution is 5.99. The van der Waals surface area contributed by atoms with Gasteiger partial charge in [-0.2, -0.15) is 0 Å². The van der Waals surface area contributed by atoms with Crippen LogP contribution in [0.1, 0.15) is 61.0 Å². The first-order valence-electron chi connectivity index (χ1n) is 14.1. The zero-order chi connectivity index (χ0) is 26.8. The number of nitrogens with zero attached hydrogens (tertiary/aromatic N) is 4. The minimum Gasteiger partial charge on any atom is -0.381 e. The fraction of sp³-hybridized carbons (Fsp3) is 0.548. The first-order valence-corrected chi connectivity index (χ1v) is 14.1. The van der Waals surface area contributed by atoms with Crippen LogP contribution in [0.15, 0.2) is 36.8 Å². The molecular formula is C31H41FN4O2. The SMILES string of the molecule is Cc1cncc2c1c(CC1CCN(CC3CCOCC3)CC1)cn2-c1ccc(F)cc1C(=O)N(C)C(C)C. The van der Waals surface area contributed by atoms with E-state index in [0.717, 1.165) is 49.7 Å². The van der Waals surface area contributed by atoms with Crippen molar-refractivity contribution >= 4 is 16.8 Å². The second-order valence-electron chi connectivity index (χ2n) is 11.5. The first kappa shape index (κ1) is 26.8. The van der Waals surface area contributed by atoms with Crippen LogP contribution >= 0.6 is 0 Å². The van der Waals surface area contributed by atoms with E-state index in [4.69, 9.17) is 4.74 Å². The third kappa shape index (κ3) is 5.64. The maximum absolute atomic E-state index is 14.4. The van der Waals surface area contributed by atoms with Crippen LogP contribution in [0.3, 0.4) is 0 Å². The summed E-state index contributed by atoms with van der Waals surface area (Å²) >= 11 is 0. The fourth-order valence-corrected chi connectivity index (χ4v) is 6.09. The predicted octanol–water partition coefficient (Wildman–Crippen LogP) is 5.63. The summed E-state index contributed by atoms with van der Waals surface area (Å²) in [6.45, 7) is 11.3. The number of carbonyl (C=O) groups is 1. The number of amides is 1. The Morgan fingerprint density at radius 3 is 2.58 bits per heavy atom. The molecule has 0 spiro atoms. The molecule has 0 aliphatic carbocycles. The van der Waals surface area contributed by atoms with Gasteiger partial charge in [0.1, 0.15) is 5.82 Å². The highest BCUT2D eigenvalue weighted by atomic mass is 19.1. The Labute approximate surface area is 225 Å². The summed E-state index contributed by atoms with van der Waals surface area (Å²) in [5.41, 5.74) is 4.43. The Morgan fingerprint density at radius 1 is 1.13 bits per heavy atom. The van der Waals surface area contributed by atoms with Gasteiger partial charge in [0.15, 0.2) is 0 Å². The smallest absolute Gasteiger partial charge is 0.256 e. The van der Waals surface area contributed by atoms with Gasteiger partial charge in [0, 0.05) is 50.6 Å². The largest absolute Gasteiger partial charge is 0.381 e. The van der Waals surface area contributed by atoms with Crippen molar-refractivity contribution in [3.63, 3.8) is 0 Å². The lowest BCUT2D eigenvalue weighted by Crippen LogP contribution is -2.38. The summed E-state index contributed by atoms with van der Waals surface area (Å²) in [5.74, 6) is 0.799. The molecule has 5 rings (SSSR count). The number of rotatable bonds is 7. The number of piperidine rings is 1. The van der Waals surface area contributed by atoms with E-state index in [0.29, 0.717) is 17.2 Å². The second-order valence-corrected chi connectivity index (χ2v) is 11.5. The van der Waals surface area contributed by atoms with Crippen molar-refractivity contribution in [1.82, 2.24) is 19.4 Å². The molecule has 0 unspecified atom stereocenters. The number of aryl methyl sites for hydroxylation is 1. The van der Waals surface area contributed by atoms with Crippen LogP contribution in [0.5, 0.6) is 0 Å². The van der Waals surface area contributed by atoms with Crippen molar-refractivity contribution in [1.29, 1.82) is 0 Å². The first-order chi connectivity index (χ1) is 18.3. The molecule has 2 saturated heterocycles. The molecule has 0 bridgehead atoms. The van der Waals surface area contributed by atoms with Gasteiger partial charge < -0.3 is 19.1 Å². The van der Waals surface area contributed by atoms with Crippen molar-refractivity contribution in [3.8, 4) is 5.69 Å². The van der Waals surface area contributed by atoms with Crippen molar-refractivity contribution in [2.24, 2.45) is 11.8 Å². The fourth-order valence-electron chi connectivity index (χ4n) is 6.09. The molecule has 2 aliphatic heterocycles. The minimum absolute atomic E-state index is 0.0109. The van der Waals surface area contributed by atoms with Gasteiger partial charge >= 0.3 is 0 Å². The Bertz CT molecular complexity index is 1270. The van der Waals surface area contributed by atoms with Crippen molar-refractivity contribution in [2.45, 2.75) is 58.9 Å². The zero-order valence-electron chi connectivity index (χ0n) is 23.3. The maximum atomic E-state index is 14.4. The monoisotopic (exact) mass is 520 g/mol. The number of hydrogen-bond acceptors (Lipinski definition) is 4. The van der Waals surface area contributed by atoms with Crippen LogP contribution < -0.4 is 0 Å². The molecular weight excluding hydrogens is 479 g/mol. The Kier molecular flexibility index (Phi) is 8.15.